The number of rotatable bonds is 4. The van der Waals surface area contributed by atoms with Crippen LogP contribution in [0.1, 0.15) is 5.56 Å². The molecule has 5 nitrogen and oxygen atoms in total. The fraction of sp³-hybridized carbons (Fsp3) is 0.0769. The number of nitro benzene ring substituents is 1. The van der Waals surface area contributed by atoms with E-state index in [0.29, 0.717) is 21.5 Å². The largest absolute Gasteiger partial charge is 0.457 e. The van der Waals surface area contributed by atoms with E-state index >= 15 is 0 Å². The van der Waals surface area contributed by atoms with Crippen LogP contribution in [0.15, 0.2) is 45.3 Å². The summed E-state index contributed by atoms with van der Waals surface area (Å²) in [6, 6.07) is 9.52. The van der Waals surface area contributed by atoms with E-state index in [1.165, 1.54) is 12.1 Å². The van der Waals surface area contributed by atoms with Crippen molar-refractivity contribution in [1.82, 2.24) is 0 Å². The SMILES string of the molecule is O=[N+]([O-])c1cc(Br)cc(Oc2cc(Br)ccc2CO)c1. The normalized spacial score (nSPS) is 10.3. The summed E-state index contributed by atoms with van der Waals surface area (Å²) in [5, 5.41) is 20.1. The Morgan fingerprint density at radius 1 is 1.15 bits per heavy atom. The molecule has 0 saturated carbocycles. The molecule has 2 aromatic carbocycles. The number of nitrogens with zero attached hydrogens (tertiary/aromatic N) is 1. The van der Waals surface area contributed by atoms with Crippen molar-refractivity contribution in [3.63, 3.8) is 0 Å². The van der Waals surface area contributed by atoms with Crippen LogP contribution in [0.2, 0.25) is 0 Å². The minimum atomic E-state index is -0.495. The quantitative estimate of drug-likeness (QED) is 0.607. The molecular weight excluding hydrogens is 394 g/mol. The van der Waals surface area contributed by atoms with Crippen LogP contribution in [0.25, 0.3) is 0 Å². The molecule has 7 heteroatoms. The minimum Gasteiger partial charge on any atom is -0.457 e. The van der Waals surface area contributed by atoms with Crippen LogP contribution in [-0.2, 0) is 6.61 Å². The number of non-ortho nitro benzene ring substituents is 1. The number of benzene rings is 2. The maximum Gasteiger partial charge on any atom is 0.274 e. The Morgan fingerprint density at radius 3 is 2.55 bits per heavy atom. The van der Waals surface area contributed by atoms with Gasteiger partial charge in [-0.1, -0.05) is 37.9 Å². The number of nitro groups is 1. The number of ether oxygens (including phenoxy) is 1. The molecule has 0 amide bonds. The first-order chi connectivity index (χ1) is 9.49. The molecular formula is C13H9Br2NO4. The van der Waals surface area contributed by atoms with E-state index in [1.807, 2.05) is 0 Å². The molecule has 0 bridgehead atoms. The Hall–Kier alpha value is -1.44. The molecule has 0 atom stereocenters. The standard InChI is InChI=1S/C13H9Br2NO4/c14-9-2-1-8(7-17)13(5-9)20-12-4-10(15)3-11(6-12)16(18)19/h1-6,17H,7H2. The van der Waals surface area contributed by atoms with Crippen molar-refractivity contribution in [3.8, 4) is 11.5 Å². The summed E-state index contributed by atoms with van der Waals surface area (Å²) < 4.78 is 6.96. The van der Waals surface area contributed by atoms with Gasteiger partial charge in [-0.25, -0.2) is 0 Å². The Morgan fingerprint density at radius 2 is 1.90 bits per heavy atom. The molecule has 0 aromatic heterocycles. The fourth-order valence-corrected chi connectivity index (χ4v) is 2.39. The fourth-order valence-electron chi connectivity index (χ4n) is 1.59. The molecule has 0 saturated heterocycles. The molecule has 0 spiro atoms. The van der Waals surface area contributed by atoms with Gasteiger partial charge in [-0.05, 0) is 18.2 Å². The summed E-state index contributed by atoms with van der Waals surface area (Å²) in [4.78, 5) is 10.3. The molecule has 104 valence electrons. The Bertz CT molecular complexity index is 661. The van der Waals surface area contributed by atoms with Crippen LogP contribution in [0.5, 0.6) is 11.5 Å². The molecule has 0 aliphatic carbocycles. The molecule has 1 N–H and O–H groups in total. The highest BCUT2D eigenvalue weighted by Crippen LogP contribution is 2.32. The van der Waals surface area contributed by atoms with Gasteiger partial charge in [-0.3, -0.25) is 10.1 Å². The van der Waals surface area contributed by atoms with E-state index in [-0.39, 0.29) is 12.3 Å². The van der Waals surface area contributed by atoms with Crippen LogP contribution in [0, 0.1) is 10.1 Å². The monoisotopic (exact) mass is 401 g/mol. The zero-order valence-electron chi connectivity index (χ0n) is 10.0. The summed E-state index contributed by atoms with van der Waals surface area (Å²) in [6.45, 7) is -0.182. The van der Waals surface area contributed by atoms with Crippen molar-refractivity contribution in [2.45, 2.75) is 6.61 Å². The van der Waals surface area contributed by atoms with Crippen molar-refractivity contribution >= 4 is 37.5 Å². The average Bonchev–Trinajstić information content (AvgIpc) is 2.38. The molecule has 0 unspecified atom stereocenters. The predicted molar refractivity (Wildman–Crippen MR) is 80.9 cm³/mol. The maximum atomic E-state index is 10.8. The number of hydrogen-bond acceptors (Lipinski definition) is 4. The third kappa shape index (κ3) is 3.56. The predicted octanol–water partition coefficient (Wildman–Crippen LogP) is 4.40. The Balaban J connectivity index is 2.39. The molecule has 0 aliphatic rings. The van der Waals surface area contributed by atoms with Crippen molar-refractivity contribution in [3.05, 3.63) is 61.0 Å². The summed E-state index contributed by atoms with van der Waals surface area (Å²) >= 11 is 6.51. The smallest absolute Gasteiger partial charge is 0.274 e. The van der Waals surface area contributed by atoms with Gasteiger partial charge in [0.15, 0.2) is 0 Å². The van der Waals surface area contributed by atoms with Gasteiger partial charge >= 0.3 is 0 Å². The lowest BCUT2D eigenvalue weighted by Gasteiger charge is -2.10. The van der Waals surface area contributed by atoms with E-state index in [2.05, 4.69) is 31.9 Å². The van der Waals surface area contributed by atoms with Gasteiger partial charge in [0.25, 0.3) is 5.69 Å². The number of aliphatic hydroxyl groups excluding tert-OH is 1. The van der Waals surface area contributed by atoms with Gasteiger partial charge < -0.3 is 9.84 Å². The van der Waals surface area contributed by atoms with E-state index < -0.39 is 4.92 Å². The minimum absolute atomic E-state index is 0.0741. The van der Waals surface area contributed by atoms with Gasteiger partial charge in [0.1, 0.15) is 11.5 Å². The Labute approximate surface area is 131 Å². The zero-order chi connectivity index (χ0) is 14.7. The van der Waals surface area contributed by atoms with Crippen molar-refractivity contribution in [2.75, 3.05) is 0 Å². The summed E-state index contributed by atoms with van der Waals surface area (Å²) in [7, 11) is 0. The summed E-state index contributed by atoms with van der Waals surface area (Å²) in [6.07, 6.45) is 0. The van der Waals surface area contributed by atoms with E-state index in [1.54, 1.807) is 24.3 Å². The van der Waals surface area contributed by atoms with Gasteiger partial charge in [-0.15, -0.1) is 0 Å². The zero-order valence-corrected chi connectivity index (χ0v) is 13.2. The average molecular weight is 403 g/mol. The third-order valence-corrected chi connectivity index (χ3v) is 3.45. The molecule has 0 aliphatic heterocycles. The lowest BCUT2D eigenvalue weighted by Crippen LogP contribution is -1.93. The van der Waals surface area contributed by atoms with Gasteiger partial charge in [0.2, 0.25) is 0 Å². The van der Waals surface area contributed by atoms with Gasteiger partial charge in [-0.2, -0.15) is 0 Å². The third-order valence-electron chi connectivity index (χ3n) is 2.49. The molecule has 20 heavy (non-hydrogen) atoms. The second-order valence-electron chi connectivity index (χ2n) is 3.91. The van der Waals surface area contributed by atoms with E-state index in [0.717, 1.165) is 4.47 Å². The molecule has 2 aromatic rings. The van der Waals surface area contributed by atoms with Crippen LogP contribution in [0.4, 0.5) is 5.69 Å². The number of halogens is 2. The van der Waals surface area contributed by atoms with Crippen LogP contribution in [0.3, 0.4) is 0 Å². The molecule has 0 radical (unpaired) electrons. The lowest BCUT2D eigenvalue weighted by atomic mass is 10.2. The summed E-state index contributed by atoms with van der Waals surface area (Å²) in [5.74, 6) is 0.758. The van der Waals surface area contributed by atoms with E-state index in [9.17, 15) is 15.2 Å². The highest BCUT2D eigenvalue weighted by Gasteiger charge is 2.12. The number of aliphatic hydroxyl groups is 1. The van der Waals surface area contributed by atoms with Crippen molar-refractivity contribution in [2.24, 2.45) is 0 Å². The maximum absolute atomic E-state index is 10.8. The highest BCUT2D eigenvalue weighted by molar-refractivity contribution is 9.10. The lowest BCUT2D eigenvalue weighted by molar-refractivity contribution is -0.385. The van der Waals surface area contributed by atoms with Crippen LogP contribution < -0.4 is 4.74 Å². The first kappa shape index (κ1) is 15.0. The Kier molecular flexibility index (Phi) is 4.74. The highest BCUT2D eigenvalue weighted by atomic mass is 79.9. The first-order valence-electron chi connectivity index (χ1n) is 5.51. The van der Waals surface area contributed by atoms with Crippen LogP contribution in [-0.4, -0.2) is 10.0 Å². The number of hydrogen-bond donors (Lipinski definition) is 1. The van der Waals surface area contributed by atoms with Crippen LogP contribution >= 0.6 is 31.9 Å². The van der Waals surface area contributed by atoms with Crippen molar-refractivity contribution in [1.29, 1.82) is 0 Å². The van der Waals surface area contributed by atoms with Gasteiger partial charge in [0.05, 0.1) is 17.6 Å². The molecule has 0 fully saturated rings. The van der Waals surface area contributed by atoms with Crippen molar-refractivity contribution < 1.29 is 14.8 Å². The second kappa shape index (κ2) is 6.34. The second-order valence-corrected chi connectivity index (χ2v) is 5.75. The molecule has 0 heterocycles. The van der Waals surface area contributed by atoms with Gasteiger partial charge in [0, 0.05) is 20.6 Å². The topological polar surface area (TPSA) is 72.6 Å². The van der Waals surface area contributed by atoms with E-state index in [4.69, 9.17) is 4.74 Å². The summed E-state index contributed by atoms with van der Waals surface area (Å²) in [5.41, 5.74) is 0.519. The first-order valence-corrected chi connectivity index (χ1v) is 7.10. The molecule has 2 rings (SSSR count).